The van der Waals surface area contributed by atoms with E-state index in [4.69, 9.17) is 54.0 Å². The van der Waals surface area contributed by atoms with E-state index in [2.05, 4.69) is 48.2 Å². The van der Waals surface area contributed by atoms with Crippen LogP contribution in [0.1, 0.15) is 102 Å². The fraction of sp³-hybridized carbons (Fsp3) is 0.318. The fourth-order valence-corrected chi connectivity index (χ4v) is 14.2. The van der Waals surface area contributed by atoms with Crippen molar-refractivity contribution in [3.8, 4) is 17.6 Å². The smallest absolute Gasteiger partial charge is 0.327 e. The summed E-state index contributed by atoms with van der Waals surface area (Å²) in [7, 11) is 3.22. The summed E-state index contributed by atoms with van der Waals surface area (Å²) in [5.74, 6) is 0.904. The van der Waals surface area contributed by atoms with E-state index in [0.29, 0.717) is 64.2 Å². The average molecular weight is 1250 g/mol. The van der Waals surface area contributed by atoms with Crippen LogP contribution < -0.4 is 20.1 Å². The maximum absolute atomic E-state index is 13.5. The third-order valence-corrected chi connectivity index (χ3v) is 19.1. The second-order valence-electron chi connectivity index (χ2n) is 21.8. The van der Waals surface area contributed by atoms with Gasteiger partial charge in [-0.2, -0.15) is 5.26 Å². The lowest BCUT2D eigenvalue weighted by Gasteiger charge is -2.41. The molecular weight excluding hydrogens is 1190 g/mol. The number of amides is 2. The number of benzene rings is 5. The molecule has 2 aliphatic heterocycles. The molecule has 24 heteroatoms. The number of aliphatic hydroxyl groups is 1. The number of aromatic nitrogens is 8. The first-order valence-electron chi connectivity index (χ1n) is 29.5. The monoisotopic (exact) mass is 1250 g/mol. The zero-order chi connectivity index (χ0) is 62.8. The Morgan fingerprint density at radius 1 is 0.711 bits per heavy atom. The summed E-state index contributed by atoms with van der Waals surface area (Å²) in [6, 6.07) is 45.0. The fourth-order valence-electron chi connectivity index (χ4n) is 11.7. The predicted molar refractivity (Wildman–Crippen MR) is 339 cm³/mol. The van der Waals surface area contributed by atoms with Crippen LogP contribution >= 0.6 is 6.72 Å². The minimum atomic E-state index is -4.13. The van der Waals surface area contributed by atoms with E-state index in [9.17, 15) is 20.0 Å². The number of aliphatic hydroxyl groups excluding tert-OH is 1. The van der Waals surface area contributed by atoms with Crippen LogP contribution in [0.4, 0.5) is 11.6 Å². The number of nitrogens with zero attached hydrogens (tertiary/aromatic N) is 9. The molecule has 464 valence electrons. The number of allylic oxidation sites excluding steroid dienone is 1. The van der Waals surface area contributed by atoms with Gasteiger partial charge in [-0.05, 0) is 96.3 Å². The van der Waals surface area contributed by atoms with Gasteiger partial charge in [0.25, 0.3) is 11.8 Å². The molecule has 3 N–H and O–H groups in total. The Kier molecular flexibility index (Phi) is 19.6. The summed E-state index contributed by atoms with van der Waals surface area (Å²) in [6.07, 6.45) is 2.83. The van der Waals surface area contributed by atoms with Crippen molar-refractivity contribution < 1.29 is 52.0 Å². The molecule has 0 spiro atoms. The van der Waals surface area contributed by atoms with Gasteiger partial charge < -0.3 is 53.0 Å². The zero-order valence-electron chi connectivity index (χ0n) is 50.0. The van der Waals surface area contributed by atoms with Gasteiger partial charge in [0.05, 0.1) is 70.9 Å². The molecule has 0 aliphatic carbocycles. The number of nitriles is 1. The van der Waals surface area contributed by atoms with Gasteiger partial charge in [-0.3, -0.25) is 18.7 Å². The Balaban J connectivity index is 0.956. The molecule has 2 amide bonds. The zero-order valence-corrected chi connectivity index (χ0v) is 51.7. The summed E-state index contributed by atoms with van der Waals surface area (Å²) < 4.78 is 57.1. The van der Waals surface area contributed by atoms with Crippen LogP contribution in [-0.2, 0) is 45.2 Å². The average Bonchev–Trinajstić information content (AvgIpc) is 1.32. The van der Waals surface area contributed by atoms with Crippen molar-refractivity contribution in [2.45, 2.75) is 101 Å². The minimum absolute atomic E-state index is 0.0713. The third kappa shape index (κ3) is 13.2. The summed E-state index contributed by atoms with van der Waals surface area (Å²) in [4.78, 5) is 53.9. The van der Waals surface area contributed by atoms with Crippen molar-refractivity contribution >= 4 is 64.3 Å². The number of nitrogens with one attached hydrogen (secondary N) is 2. The molecule has 2 fully saturated rings. The summed E-state index contributed by atoms with van der Waals surface area (Å²) in [6.45, 7) is 3.57. The van der Waals surface area contributed by atoms with Crippen molar-refractivity contribution in [2.24, 2.45) is 5.41 Å². The number of hydrogen-bond donors (Lipinski definition) is 3. The predicted octanol–water partition coefficient (Wildman–Crippen LogP) is 11.4. The molecule has 90 heavy (non-hydrogen) atoms. The summed E-state index contributed by atoms with van der Waals surface area (Å²) >= 11 is 6.61. The molecule has 0 radical (unpaired) electrons. The molecule has 9 aromatic rings. The molecule has 4 aromatic heterocycles. The molecule has 22 nitrogen and oxygen atoms in total. The van der Waals surface area contributed by atoms with E-state index in [0.717, 1.165) is 16.7 Å². The van der Waals surface area contributed by atoms with E-state index in [1.54, 1.807) is 78.2 Å². The summed E-state index contributed by atoms with van der Waals surface area (Å²) in [5.41, 5.74) is 2.57. The number of ether oxygens (including phenoxy) is 5. The number of methoxy groups -OCH3 is 2. The van der Waals surface area contributed by atoms with Crippen molar-refractivity contribution in [2.75, 3.05) is 38.1 Å². The lowest BCUT2D eigenvalue weighted by atomic mass is 9.73. The molecule has 0 saturated carbocycles. The standard InChI is InChI=1S/C66H68N11O11PS/c1-6-33-65(7-2,8-3)54(32-34-67)88-89(90,84-38-52-50(78)35-55(85-52)76-41-72-57-59(68-39-70-61(57)76)74-63(79)43-18-12-9-13-19-43)87-51-36-56(77-42-73-58-60(69-40-71-62(58)77)75-64(80)44-20-14-10-15-21-44)86-53(51)37-83-66(45-22-16-11-17-23-45,46-24-28-48(81-4)29-25-46)47-26-30-49(82-5)31-27-47/h6,9-31,39-42,50-56,78H,1,7-8,32-33,35-38H2,2-5H3,(H,68,70,74,79)(H,69,71,75,80)/t50-,51-,52+,53+,54?,55+,56+,89?/m0/s1. The van der Waals surface area contributed by atoms with Gasteiger partial charge >= 0.3 is 6.72 Å². The topological polar surface area (TPSA) is 263 Å². The van der Waals surface area contributed by atoms with Gasteiger partial charge in [-0.1, -0.05) is 111 Å². The van der Waals surface area contributed by atoms with Crippen molar-refractivity contribution in [3.05, 3.63) is 205 Å². The van der Waals surface area contributed by atoms with E-state index in [1.807, 2.05) is 111 Å². The van der Waals surface area contributed by atoms with Gasteiger partial charge in [0.1, 0.15) is 54.4 Å². The first-order chi connectivity index (χ1) is 43.8. The molecule has 2 unspecified atom stereocenters. The van der Waals surface area contributed by atoms with Crippen LogP contribution in [0.2, 0.25) is 0 Å². The van der Waals surface area contributed by atoms with Crippen LogP contribution in [-0.4, -0.2) is 114 Å². The van der Waals surface area contributed by atoms with Crippen LogP contribution in [0.25, 0.3) is 22.3 Å². The van der Waals surface area contributed by atoms with Crippen LogP contribution in [0.15, 0.2) is 177 Å². The lowest BCUT2D eigenvalue weighted by Crippen LogP contribution is -2.39. The quantitative estimate of drug-likeness (QED) is 0.0245. The number of hydrogen-bond acceptors (Lipinski definition) is 19. The van der Waals surface area contributed by atoms with E-state index in [1.165, 1.54) is 19.0 Å². The maximum atomic E-state index is 13.5. The third-order valence-electron chi connectivity index (χ3n) is 16.7. The SMILES string of the molecule is C=CCC(CC)(CC)C(CC#N)OP(=S)(OC[C@H]1O[C@@H](n2cnc3c(NC(=O)c4ccccc4)ncnc32)C[C@@H]1O)O[C@H]1C[C@H](n2cnc3c(NC(=O)c4ccccc4)ncnc32)O[C@@H]1COC(c1ccccc1)(c1ccc(OC)cc1)c1ccc(OC)cc1. The number of carbonyl (C=O) groups excluding carboxylic acids is 2. The molecule has 5 aromatic carbocycles. The largest absolute Gasteiger partial charge is 0.497 e. The van der Waals surface area contributed by atoms with Crippen molar-refractivity contribution in [3.63, 3.8) is 0 Å². The molecular formula is C66H68N11O11PS. The van der Waals surface area contributed by atoms with Gasteiger partial charge in [-0.15, -0.1) is 6.58 Å². The van der Waals surface area contributed by atoms with Crippen LogP contribution in [0.3, 0.4) is 0 Å². The molecule has 2 saturated heterocycles. The second kappa shape index (κ2) is 28.0. The summed E-state index contributed by atoms with van der Waals surface area (Å²) in [5, 5.41) is 28.1. The highest BCUT2D eigenvalue weighted by Gasteiger charge is 2.48. The Bertz CT molecular complexity index is 3980. The van der Waals surface area contributed by atoms with Crippen molar-refractivity contribution in [1.29, 1.82) is 5.26 Å². The molecule has 2 aliphatic rings. The highest BCUT2D eigenvalue weighted by molar-refractivity contribution is 8.07. The van der Waals surface area contributed by atoms with Gasteiger partial charge in [0, 0.05) is 29.4 Å². The van der Waals surface area contributed by atoms with Gasteiger partial charge in [0.15, 0.2) is 34.0 Å². The number of anilines is 2. The lowest BCUT2D eigenvalue weighted by molar-refractivity contribution is -0.0947. The van der Waals surface area contributed by atoms with Crippen LogP contribution in [0, 0.1) is 16.7 Å². The van der Waals surface area contributed by atoms with Crippen LogP contribution in [0.5, 0.6) is 11.5 Å². The second-order valence-corrected chi connectivity index (χ2v) is 24.7. The van der Waals surface area contributed by atoms with Crippen molar-refractivity contribution in [1.82, 2.24) is 39.0 Å². The highest BCUT2D eigenvalue weighted by Crippen LogP contribution is 2.58. The first-order valence-corrected chi connectivity index (χ1v) is 32.1. The molecule has 11 rings (SSSR count). The molecule has 0 bridgehead atoms. The number of carbonyl (C=O) groups is 2. The Morgan fingerprint density at radius 2 is 1.20 bits per heavy atom. The Labute approximate surface area is 525 Å². The highest BCUT2D eigenvalue weighted by atomic mass is 32.5. The van der Waals surface area contributed by atoms with Gasteiger partial charge in [0.2, 0.25) is 0 Å². The molecule has 8 atom stereocenters. The number of imidazole rings is 2. The normalized spacial score (nSPS) is 19.4. The number of rotatable bonds is 27. The number of fused-ring (bicyclic) bond motifs is 2. The minimum Gasteiger partial charge on any atom is -0.497 e. The molecule has 6 heterocycles. The van der Waals surface area contributed by atoms with E-state index < -0.39 is 60.7 Å². The Morgan fingerprint density at radius 3 is 1.69 bits per heavy atom. The van der Waals surface area contributed by atoms with Gasteiger partial charge in [-0.25, -0.2) is 29.9 Å². The Hall–Kier alpha value is -8.66. The van der Waals surface area contributed by atoms with E-state index >= 15 is 0 Å². The first kappa shape index (κ1) is 62.9. The van der Waals surface area contributed by atoms with E-state index in [-0.39, 0.29) is 55.9 Å². The maximum Gasteiger partial charge on any atom is 0.327 e.